The van der Waals surface area contributed by atoms with Crippen molar-refractivity contribution in [1.29, 1.82) is 0 Å². The second-order valence-electron chi connectivity index (χ2n) is 5.59. The van der Waals surface area contributed by atoms with Crippen LogP contribution in [0.1, 0.15) is 37.8 Å². The number of carbonyl (C=O) groups is 1. The van der Waals surface area contributed by atoms with Crippen molar-refractivity contribution >= 4 is 17.3 Å². The van der Waals surface area contributed by atoms with Gasteiger partial charge in [-0.3, -0.25) is 4.79 Å². The fourth-order valence-corrected chi connectivity index (χ4v) is 2.64. The molecule has 1 aromatic carbocycles. The van der Waals surface area contributed by atoms with E-state index in [1.807, 2.05) is 28.9 Å². The summed E-state index contributed by atoms with van der Waals surface area (Å²) < 4.78 is 2.05. The zero-order chi connectivity index (χ0) is 15.4. The Hall–Kier alpha value is -2.37. The predicted molar refractivity (Wildman–Crippen MR) is 85.6 cm³/mol. The Morgan fingerprint density at radius 1 is 1.18 bits per heavy atom. The van der Waals surface area contributed by atoms with Gasteiger partial charge in [-0.15, -0.1) is 0 Å². The molecule has 0 spiro atoms. The summed E-state index contributed by atoms with van der Waals surface area (Å²) in [5.74, 6) is 1.88. The number of carbonyl (C=O) groups excluding carboxylic acids is 1. The number of benzene rings is 1. The van der Waals surface area contributed by atoms with Crippen LogP contribution in [0, 0.1) is 0 Å². The van der Waals surface area contributed by atoms with Crippen molar-refractivity contribution in [2.45, 2.75) is 45.7 Å². The number of aryl methyl sites for hydroxylation is 2. The molecule has 0 atom stereocenters. The van der Waals surface area contributed by atoms with Crippen LogP contribution in [-0.2, 0) is 24.3 Å². The molecule has 0 aliphatic carbocycles. The first-order valence-corrected chi connectivity index (χ1v) is 7.75. The van der Waals surface area contributed by atoms with Crippen LogP contribution < -0.4 is 10.6 Å². The summed E-state index contributed by atoms with van der Waals surface area (Å²) in [6.45, 7) is 3.09. The lowest BCUT2D eigenvalue weighted by atomic mass is 10.2. The molecule has 116 valence electrons. The molecule has 1 aliphatic rings. The van der Waals surface area contributed by atoms with Crippen molar-refractivity contribution in [3.05, 3.63) is 35.9 Å². The van der Waals surface area contributed by atoms with E-state index in [9.17, 15) is 4.79 Å². The van der Waals surface area contributed by atoms with Crippen LogP contribution in [0.5, 0.6) is 0 Å². The van der Waals surface area contributed by atoms with E-state index in [-0.39, 0.29) is 5.91 Å². The number of nitrogens with zero attached hydrogens (tertiary/aromatic N) is 3. The van der Waals surface area contributed by atoms with E-state index in [0.717, 1.165) is 36.0 Å². The van der Waals surface area contributed by atoms with Gasteiger partial charge in [0.1, 0.15) is 5.82 Å². The van der Waals surface area contributed by atoms with Gasteiger partial charge < -0.3 is 10.6 Å². The van der Waals surface area contributed by atoms with Gasteiger partial charge in [0, 0.05) is 31.3 Å². The standard InChI is InChI=1S/C16H21N5O/c1-12(22)18-14-8-6-13(7-9-14)17-11-15-19-16-5-3-2-4-10-21(16)20-15/h6-9,17H,2-5,10-11H2,1H3,(H,18,22). The molecule has 0 saturated heterocycles. The van der Waals surface area contributed by atoms with Crippen molar-refractivity contribution in [2.24, 2.45) is 0 Å². The molecule has 0 fully saturated rings. The summed E-state index contributed by atoms with van der Waals surface area (Å²) in [6.07, 6.45) is 4.68. The molecular formula is C16H21N5O. The molecule has 0 unspecified atom stereocenters. The van der Waals surface area contributed by atoms with Crippen molar-refractivity contribution in [2.75, 3.05) is 10.6 Å². The Balaban J connectivity index is 1.59. The lowest BCUT2D eigenvalue weighted by Crippen LogP contribution is -2.06. The number of hydrogen-bond acceptors (Lipinski definition) is 4. The number of nitrogens with one attached hydrogen (secondary N) is 2. The Morgan fingerprint density at radius 3 is 2.73 bits per heavy atom. The number of hydrogen-bond donors (Lipinski definition) is 2. The SMILES string of the molecule is CC(=O)Nc1ccc(NCc2nc3n(n2)CCCCC3)cc1. The molecule has 0 radical (unpaired) electrons. The van der Waals surface area contributed by atoms with E-state index in [4.69, 9.17) is 0 Å². The molecule has 0 saturated carbocycles. The smallest absolute Gasteiger partial charge is 0.221 e. The van der Waals surface area contributed by atoms with Crippen molar-refractivity contribution in [1.82, 2.24) is 14.8 Å². The lowest BCUT2D eigenvalue weighted by Gasteiger charge is -2.06. The first kappa shape index (κ1) is 14.6. The summed E-state index contributed by atoms with van der Waals surface area (Å²) in [5.41, 5.74) is 1.78. The summed E-state index contributed by atoms with van der Waals surface area (Å²) in [4.78, 5) is 15.6. The summed E-state index contributed by atoms with van der Waals surface area (Å²) in [7, 11) is 0. The lowest BCUT2D eigenvalue weighted by molar-refractivity contribution is -0.114. The first-order chi connectivity index (χ1) is 10.7. The molecular weight excluding hydrogens is 278 g/mol. The molecule has 6 nitrogen and oxygen atoms in total. The van der Waals surface area contributed by atoms with Crippen LogP contribution >= 0.6 is 0 Å². The molecule has 2 N–H and O–H groups in total. The molecule has 2 aromatic rings. The Morgan fingerprint density at radius 2 is 1.95 bits per heavy atom. The van der Waals surface area contributed by atoms with Gasteiger partial charge >= 0.3 is 0 Å². The second-order valence-corrected chi connectivity index (χ2v) is 5.59. The van der Waals surface area contributed by atoms with Gasteiger partial charge in [-0.05, 0) is 37.1 Å². The maximum atomic E-state index is 11.0. The highest BCUT2D eigenvalue weighted by Crippen LogP contribution is 2.15. The number of rotatable bonds is 4. The number of amides is 1. The molecule has 0 bridgehead atoms. The molecule has 2 heterocycles. The van der Waals surface area contributed by atoms with Gasteiger partial charge in [0.25, 0.3) is 0 Å². The average Bonchev–Trinajstić information content (AvgIpc) is 2.76. The molecule has 1 amide bonds. The molecule has 1 aromatic heterocycles. The fraction of sp³-hybridized carbons (Fsp3) is 0.438. The average molecular weight is 299 g/mol. The van der Waals surface area contributed by atoms with Crippen LogP contribution in [0.25, 0.3) is 0 Å². The maximum Gasteiger partial charge on any atom is 0.221 e. The zero-order valence-corrected chi connectivity index (χ0v) is 12.8. The van der Waals surface area contributed by atoms with E-state index in [1.165, 1.54) is 26.2 Å². The molecule has 3 rings (SSSR count). The van der Waals surface area contributed by atoms with Gasteiger partial charge in [-0.1, -0.05) is 6.42 Å². The van der Waals surface area contributed by atoms with E-state index in [2.05, 4.69) is 20.7 Å². The third-order valence-corrected chi connectivity index (χ3v) is 3.72. The summed E-state index contributed by atoms with van der Waals surface area (Å²) in [5, 5.41) is 10.6. The third kappa shape index (κ3) is 3.63. The van der Waals surface area contributed by atoms with E-state index < -0.39 is 0 Å². The Kier molecular flexibility index (Phi) is 4.37. The number of fused-ring (bicyclic) bond motifs is 1. The van der Waals surface area contributed by atoms with Gasteiger partial charge in [-0.25, -0.2) is 9.67 Å². The van der Waals surface area contributed by atoms with Crippen LogP contribution in [-0.4, -0.2) is 20.7 Å². The van der Waals surface area contributed by atoms with Crippen molar-refractivity contribution in [3.8, 4) is 0 Å². The van der Waals surface area contributed by atoms with E-state index >= 15 is 0 Å². The Bertz CT molecular complexity index is 624. The van der Waals surface area contributed by atoms with Gasteiger partial charge in [0.15, 0.2) is 5.82 Å². The second kappa shape index (κ2) is 6.60. The van der Waals surface area contributed by atoms with Crippen LogP contribution in [0.15, 0.2) is 24.3 Å². The topological polar surface area (TPSA) is 71.8 Å². The minimum atomic E-state index is -0.0654. The fourth-order valence-electron chi connectivity index (χ4n) is 2.64. The Labute approximate surface area is 129 Å². The van der Waals surface area contributed by atoms with Gasteiger partial charge in [0.2, 0.25) is 5.91 Å². The summed E-state index contributed by atoms with van der Waals surface area (Å²) in [6, 6.07) is 7.62. The van der Waals surface area contributed by atoms with E-state index in [0.29, 0.717) is 6.54 Å². The highest BCUT2D eigenvalue weighted by Gasteiger charge is 2.12. The maximum absolute atomic E-state index is 11.0. The largest absolute Gasteiger partial charge is 0.378 e. The zero-order valence-electron chi connectivity index (χ0n) is 12.8. The quantitative estimate of drug-likeness (QED) is 0.910. The van der Waals surface area contributed by atoms with Crippen molar-refractivity contribution in [3.63, 3.8) is 0 Å². The third-order valence-electron chi connectivity index (χ3n) is 3.72. The number of anilines is 2. The summed E-state index contributed by atoms with van der Waals surface area (Å²) >= 11 is 0. The minimum absolute atomic E-state index is 0.0654. The van der Waals surface area contributed by atoms with Crippen LogP contribution in [0.4, 0.5) is 11.4 Å². The highest BCUT2D eigenvalue weighted by molar-refractivity contribution is 5.88. The van der Waals surface area contributed by atoms with Crippen LogP contribution in [0.3, 0.4) is 0 Å². The highest BCUT2D eigenvalue weighted by atomic mass is 16.1. The van der Waals surface area contributed by atoms with Gasteiger partial charge in [-0.2, -0.15) is 5.10 Å². The first-order valence-electron chi connectivity index (χ1n) is 7.75. The van der Waals surface area contributed by atoms with Crippen LogP contribution in [0.2, 0.25) is 0 Å². The molecule has 22 heavy (non-hydrogen) atoms. The van der Waals surface area contributed by atoms with Gasteiger partial charge in [0.05, 0.1) is 6.54 Å². The number of aromatic nitrogens is 3. The molecule has 1 aliphatic heterocycles. The minimum Gasteiger partial charge on any atom is -0.378 e. The predicted octanol–water partition coefficient (Wildman–Crippen LogP) is 2.58. The normalized spacial score (nSPS) is 14.0. The van der Waals surface area contributed by atoms with Crippen molar-refractivity contribution < 1.29 is 4.79 Å². The molecule has 6 heteroatoms. The van der Waals surface area contributed by atoms with E-state index in [1.54, 1.807) is 0 Å². The monoisotopic (exact) mass is 299 g/mol.